The van der Waals surface area contributed by atoms with Gasteiger partial charge in [-0.05, 0) is 18.6 Å². The lowest BCUT2D eigenvalue weighted by atomic mass is 9.96. The van der Waals surface area contributed by atoms with E-state index in [1.807, 2.05) is 18.3 Å². The third-order valence-corrected chi connectivity index (χ3v) is 3.34. The van der Waals surface area contributed by atoms with Crippen LogP contribution in [0.15, 0.2) is 36.7 Å². The lowest BCUT2D eigenvalue weighted by Gasteiger charge is -2.38. The summed E-state index contributed by atoms with van der Waals surface area (Å²) in [5.41, 5.74) is 1.14. The zero-order valence-corrected chi connectivity index (χ0v) is 11.6. The molecular formula is C15H18N4O. The maximum Gasteiger partial charge on any atom is 0.228 e. The SMILES string of the molecule is CCCOc1ccnc(N2CC(c3ccccn3)C2)n1. The first-order valence-electron chi connectivity index (χ1n) is 6.98. The van der Waals surface area contributed by atoms with Crippen LogP contribution in [0.5, 0.6) is 5.88 Å². The molecule has 1 aliphatic heterocycles. The zero-order valence-electron chi connectivity index (χ0n) is 11.6. The van der Waals surface area contributed by atoms with E-state index in [1.54, 1.807) is 12.3 Å². The number of rotatable bonds is 5. The van der Waals surface area contributed by atoms with Crippen LogP contribution in [0, 0.1) is 0 Å². The van der Waals surface area contributed by atoms with Crippen molar-refractivity contribution in [3.63, 3.8) is 0 Å². The van der Waals surface area contributed by atoms with Gasteiger partial charge in [-0.25, -0.2) is 4.98 Å². The molecule has 104 valence electrons. The van der Waals surface area contributed by atoms with Gasteiger partial charge >= 0.3 is 0 Å². The Labute approximate surface area is 118 Å². The molecule has 3 rings (SSSR count). The maximum atomic E-state index is 5.54. The van der Waals surface area contributed by atoms with Gasteiger partial charge in [0.2, 0.25) is 11.8 Å². The molecule has 0 aromatic carbocycles. The maximum absolute atomic E-state index is 5.54. The smallest absolute Gasteiger partial charge is 0.228 e. The van der Waals surface area contributed by atoms with Gasteiger partial charge < -0.3 is 9.64 Å². The van der Waals surface area contributed by atoms with Crippen molar-refractivity contribution in [1.82, 2.24) is 15.0 Å². The zero-order chi connectivity index (χ0) is 13.8. The summed E-state index contributed by atoms with van der Waals surface area (Å²) < 4.78 is 5.54. The van der Waals surface area contributed by atoms with E-state index >= 15 is 0 Å². The second-order valence-electron chi connectivity index (χ2n) is 4.90. The molecule has 0 unspecified atom stereocenters. The van der Waals surface area contributed by atoms with Crippen molar-refractivity contribution in [2.24, 2.45) is 0 Å². The van der Waals surface area contributed by atoms with Crippen molar-refractivity contribution in [3.8, 4) is 5.88 Å². The number of ether oxygens (including phenoxy) is 1. The predicted molar refractivity (Wildman–Crippen MR) is 77.0 cm³/mol. The Balaban J connectivity index is 1.62. The number of aromatic nitrogens is 3. The van der Waals surface area contributed by atoms with Gasteiger partial charge in [0.05, 0.1) is 6.61 Å². The third kappa shape index (κ3) is 2.71. The Bertz CT molecular complexity index is 555. The summed E-state index contributed by atoms with van der Waals surface area (Å²) in [6.07, 6.45) is 4.57. The Morgan fingerprint density at radius 1 is 1.20 bits per heavy atom. The summed E-state index contributed by atoms with van der Waals surface area (Å²) in [6.45, 7) is 4.59. The van der Waals surface area contributed by atoms with Gasteiger partial charge in [0.1, 0.15) is 0 Å². The van der Waals surface area contributed by atoms with Crippen LogP contribution in [0.2, 0.25) is 0 Å². The van der Waals surface area contributed by atoms with E-state index in [-0.39, 0.29) is 0 Å². The average molecular weight is 270 g/mol. The number of pyridine rings is 1. The first-order chi connectivity index (χ1) is 9.86. The van der Waals surface area contributed by atoms with Crippen LogP contribution in [0.1, 0.15) is 25.0 Å². The lowest BCUT2D eigenvalue weighted by Crippen LogP contribution is -2.46. The monoisotopic (exact) mass is 270 g/mol. The molecule has 0 radical (unpaired) electrons. The van der Waals surface area contributed by atoms with E-state index in [9.17, 15) is 0 Å². The molecule has 0 bridgehead atoms. The van der Waals surface area contributed by atoms with E-state index < -0.39 is 0 Å². The van der Waals surface area contributed by atoms with E-state index in [0.717, 1.165) is 31.2 Å². The number of nitrogens with zero attached hydrogens (tertiary/aromatic N) is 4. The molecule has 1 fully saturated rings. The molecule has 0 aliphatic carbocycles. The van der Waals surface area contributed by atoms with E-state index in [0.29, 0.717) is 18.4 Å². The Morgan fingerprint density at radius 2 is 2.10 bits per heavy atom. The van der Waals surface area contributed by atoms with Crippen LogP contribution in [0.3, 0.4) is 0 Å². The van der Waals surface area contributed by atoms with Crippen molar-refractivity contribution in [2.75, 3.05) is 24.6 Å². The highest BCUT2D eigenvalue weighted by Gasteiger charge is 2.30. The molecule has 1 saturated heterocycles. The summed E-state index contributed by atoms with van der Waals surface area (Å²) in [5.74, 6) is 1.86. The molecule has 5 heteroatoms. The molecule has 0 spiro atoms. The normalized spacial score (nSPS) is 14.9. The number of hydrogen-bond acceptors (Lipinski definition) is 5. The topological polar surface area (TPSA) is 51.1 Å². The molecule has 3 heterocycles. The van der Waals surface area contributed by atoms with Gasteiger partial charge in [0.25, 0.3) is 0 Å². The summed E-state index contributed by atoms with van der Waals surface area (Å²) in [7, 11) is 0. The number of anilines is 1. The van der Waals surface area contributed by atoms with Gasteiger partial charge in [0, 0.05) is 43.2 Å². The second kappa shape index (κ2) is 5.86. The molecule has 0 amide bonds. The Morgan fingerprint density at radius 3 is 2.85 bits per heavy atom. The fourth-order valence-corrected chi connectivity index (χ4v) is 2.22. The predicted octanol–water partition coefficient (Wildman–Crippen LogP) is 2.26. The standard InChI is InChI=1S/C15H18N4O/c1-2-9-20-14-6-8-17-15(18-14)19-10-12(11-19)13-5-3-4-7-16-13/h3-8,12H,2,9-11H2,1H3. The highest BCUT2D eigenvalue weighted by atomic mass is 16.5. The molecule has 2 aromatic heterocycles. The van der Waals surface area contributed by atoms with E-state index in [1.165, 1.54) is 0 Å². The molecule has 0 saturated carbocycles. The summed E-state index contributed by atoms with van der Waals surface area (Å²) >= 11 is 0. The van der Waals surface area contributed by atoms with Crippen molar-refractivity contribution >= 4 is 5.95 Å². The molecule has 1 aliphatic rings. The lowest BCUT2D eigenvalue weighted by molar-refractivity contribution is 0.304. The van der Waals surface area contributed by atoms with Gasteiger partial charge in [-0.3, -0.25) is 4.98 Å². The minimum Gasteiger partial charge on any atom is -0.478 e. The third-order valence-electron chi connectivity index (χ3n) is 3.34. The van der Waals surface area contributed by atoms with Crippen LogP contribution >= 0.6 is 0 Å². The first kappa shape index (κ1) is 12.8. The summed E-state index contributed by atoms with van der Waals surface area (Å²) in [4.78, 5) is 15.3. The molecule has 2 aromatic rings. The second-order valence-corrected chi connectivity index (χ2v) is 4.90. The largest absolute Gasteiger partial charge is 0.478 e. The average Bonchev–Trinajstić information content (AvgIpc) is 2.45. The highest BCUT2D eigenvalue weighted by Crippen LogP contribution is 2.28. The van der Waals surface area contributed by atoms with Gasteiger partial charge in [-0.1, -0.05) is 13.0 Å². The quantitative estimate of drug-likeness (QED) is 0.834. The molecule has 0 N–H and O–H groups in total. The first-order valence-corrected chi connectivity index (χ1v) is 6.98. The van der Waals surface area contributed by atoms with Crippen LogP contribution in [-0.4, -0.2) is 34.6 Å². The van der Waals surface area contributed by atoms with Crippen molar-refractivity contribution in [2.45, 2.75) is 19.3 Å². The van der Waals surface area contributed by atoms with Crippen molar-refractivity contribution < 1.29 is 4.74 Å². The minimum atomic E-state index is 0.472. The van der Waals surface area contributed by atoms with Gasteiger partial charge in [-0.15, -0.1) is 0 Å². The number of hydrogen-bond donors (Lipinski definition) is 0. The van der Waals surface area contributed by atoms with Crippen LogP contribution in [0.4, 0.5) is 5.95 Å². The molecule has 0 atom stereocenters. The van der Waals surface area contributed by atoms with Crippen LogP contribution in [-0.2, 0) is 0 Å². The Hall–Kier alpha value is -2.17. The highest BCUT2D eigenvalue weighted by molar-refractivity contribution is 5.39. The van der Waals surface area contributed by atoms with Crippen LogP contribution < -0.4 is 9.64 Å². The van der Waals surface area contributed by atoms with E-state index in [2.05, 4.69) is 32.8 Å². The summed E-state index contributed by atoms with van der Waals surface area (Å²) in [5, 5.41) is 0. The summed E-state index contributed by atoms with van der Waals surface area (Å²) in [6, 6.07) is 7.84. The Kier molecular flexibility index (Phi) is 3.76. The fourth-order valence-electron chi connectivity index (χ4n) is 2.22. The molecule has 5 nitrogen and oxygen atoms in total. The molecule has 20 heavy (non-hydrogen) atoms. The van der Waals surface area contributed by atoms with Gasteiger partial charge in [0.15, 0.2) is 0 Å². The molecular weight excluding hydrogens is 252 g/mol. The van der Waals surface area contributed by atoms with Crippen molar-refractivity contribution in [1.29, 1.82) is 0 Å². The van der Waals surface area contributed by atoms with E-state index in [4.69, 9.17) is 4.74 Å². The minimum absolute atomic E-state index is 0.472. The van der Waals surface area contributed by atoms with Crippen LogP contribution in [0.25, 0.3) is 0 Å². The van der Waals surface area contributed by atoms with Crippen molar-refractivity contribution in [3.05, 3.63) is 42.4 Å². The fraction of sp³-hybridized carbons (Fsp3) is 0.400. The van der Waals surface area contributed by atoms with Gasteiger partial charge in [-0.2, -0.15) is 4.98 Å².